The molecule has 1 unspecified atom stereocenters. The summed E-state index contributed by atoms with van der Waals surface area (Å²) >= 11 is 0. The van der Waals surface area contributed by atoms with Gasteiger partial charge in [-0.05, 0) is 63.5 Å². The number of rotatable bonds is 4. The molecule has 0 aromatic heterocycles. The number of nitrogens with zero attached hydrogens (tertiary/aromatic N) is 2. The maximum absolute atomic E-state index is 5.97. The number of anilines is 1. The zero-order chi connectivity index (χ0) is 13.8. The lowest BCUT2D eigenvalue weighted by Gasteiger charge is -2.32. The van der Waals surface area contributed by atoms with Gasteiger partial charge >= 0.3 is 0 Å². The van der Waals surface area contributed by atoms with Crippen LogP contribution in [-0.2, 0) is 0 Å². The maximum atomic E-state index is 5.97. The van der Waals surface area contributed by atoms with Gasteiger partial charge in [-0.1, -0.05) is 6.42 Å². The van der Waals surface area contributed by atoms with Crippen LogP contribution in [0.15, 0.2) is 24.3 Å². The van der Waals surface area contributed by atoms with Crippen molar-refractivity contribution >= 4 is 5.69 Å². The number of hydrogen-bond acceptors (Lipinski definition) is 3. The highest BCUT2D eigenvalue weighted by atomic mass is 16.5. The Morgan fingerprint density at radius 3 is 2.40 bits per heavy atom. The zero-order valence-electron chi connectivity index (χ0n) is 12.6. The minimum Gasteiger partial charge on any atom is -0.492 e. The molecule has 0 N–H and O–H groups in total. The van der Waals surface area contributed by atoms with Crippen molar-refractivity contribution in [1.29, 1.82) is 0 Å². The molecule has 0 aliphatic carbocycles. The van der Waals surface area contributed by atoms with Gasteiger partial charge in [0.25, 0.3) is 0 Å². The van der Waals surface area contributed by atoms with Gasteiger partial charge in [0.1, 0.15) is 12.4 Å². The smallest absolute Gasteiger partial charge is 0.119 e. The number of piperidine rings is 1. The molecule has 0 spiro atoms. The van der Waals surface area contributed by atoms with Crippen LogP contribution in [0.5, 0.6) is 5.75 Å². The first-order valence-electron chi connectivity index (χ1n) is 8.01. The third kappa shape index (κ3) is 3.26. The van der Waals surface area contributed by atoms with Gasteiger partial charge in [-0.2, -0.15) is 0 Å². The summed E-state index contributed by atoms with van der Waals surface area (Å²) in [4.78, 5) is 4.89. The van der Waals surface area contributed by atoms with E-state index in [2.05, 4.69) is 41.1 Å². The average molecular weight is 274 g/mol. The molecule has 1 atom stereocenters. The van der Waals surface area contributed by atoms with E-state index in [-0.39, 0.29) is 0 Å². The number of likely N-dealkylation sites (tertiary alicyclic amines) is 1. The van der Waals surface area contributed by atoms with Crippen LogP contribution in [0, 0.1) is 0 Å². The maximum Gasteiger partial charge on any atom is 0.119 e. The predicted molar refractivity (Wildman–Crippen MR) is 83.7 cm³/mol. The van der Waals surface area contributed by atoms with E-state index in [4.69, 9.17) is 4.74 Å². The molecule has 2 heterocycles. The number of ether oxygens (including phenoxy) is 1. The minimum atomic E-state index is 0.585. The molecular formula is C17H26N2O. The van der Waals surface area contributed by atoms with Crippen LogP contribution < -0.4 is 9.64 Å². The fourth-order valence-corrected chi connectivity index (χ4v) is 3.28. The first-order chi connectivity index (χ1) is 9.83. The second kappa shape index (κ2) is 6.49. The largest absolute Gasteiger partial charge is 0.492 e. The van der Waals surface area contributed by atoms with E-state index in [0.29, 0.717) is 6.04 Å². The van der Waals surface area contributed by atoms with Crippen LogP contribution in [0.4, 0.5) is 5.69 Å². The van der Waals surface area contributed by atoms with Crippen molar-refractivity contribution in [3.05, 3.63) is 24.3 Å². The lowest BCUT2D eigenvalue weighted by atomic mass is 10.0. The lowest BCUT2D eigenvalue weighted by molar-refractivity contribution is 0.125. The Labute approximate surface area is 122 Å². The standard InChI is InChI=1S/C17H26N2O/c1-18-11-3-2-6-16(18)14-20-17-9-7-15(8-10-17)19-12-4-5-13-19/h7-10,16H,2-6,11-14H2,1H3. The Kier molecular flexibility index (Phi) is 4.46. The third-order valence-electron chi connectivity index (χ3n) is 4.67. The molecule has 2 aliphatic heterocycles. The summed E-state index contributed by atoms with van der Waals surface area (Å²) in [6.07, 6.45) is 6.59. The molecule has 2 aliphatic rings. The fraction of sp³-hybridized carbons (Fsp3) is 0.647. The number of likely N-dealkylation sites (N-methyl/N-ethyl adjacent to an activating group) is 1. The van der Waals surface area contributed by atoms with Gasteiger partial charge in [-0.25, -0.2) is 0 Å². The van der Waals surface area contributed by atoms with Gasteiger partial charge in [-0.15, -0.1) is 0 Å². The second-order valence-corrected chi connectivity index (χ2v) is 6.13. The summed E-state index contributed by atoms with van der Waals surface area (Å²) in [7, 11) is 2.21. The van der Waals surface area contributed by atoms with E-state index in [1.807, 2.05) is 0 Å². The van der Waals surface area contributed by atoms with Crippen LogP contribution in [0.2, 0.25) is 0 Å². The van der Waals surface area contributed by atoms with Crippen LogP contribution in [-0.4, -0.2) is 44.2 Å². The summed E-state index contributed by atoms with van der Waals surface area (Å²) < 4.78 is 5.97. The molecule has 1 aromatic carbocycles. The van der Waals surface area contributed by atoms with E-state index in [0.717, 1.165) is 12.4 Å². The molecular weight excluding hydrogens is 248 g/mol. The Bertz CT molecular complexity index is 412. The molecule has 3 nitrogen and oxygen atoms in total. The molecule has 0 radical (unpaired) electrons. The molecule has 0 amide bonds. The van der Waals surface area contributed by atoms with Crippen LogP contribution in [0.25, 0.3) is 0 Å². The molecule has 0 saturated carbocycles. The Morgan fingerprint density at radius 1 is 1.00 bits per heavy atom. The average Bonchev–Trinajstić information content (AvgIpc) is 3.01. The van der Waals surface area contributed by atoms with Crippen LogP contribution in [0.3, 0.4) is 0 Å². The Hall–Kier alpha value is -1.22. The van der Waals surface area contributed by atoms with Crippen molar-refractivity contribution in [3.63, 3.8) is 0 Å². The van der Waals surface area contributed by atoms with E-state index in [1.165, 1.54) is 57.4 Å². The molecule has 3 heteroatoms. The van der Waals surface area contributed by atoms with E-state index in [9.17, 15) is 0 Å². The SMILES string of the molecule is CN1CCCCC1COc1ccc(N2CCCC2)cc1. The summed E-state index contributed by atoms with van der Waals surface area (Å²) in [5.74, 6) is 1.01. The highest BCUT2D eigenvalue weighted by Gasteiger charge is 2.19. The highest BCUT2D eigenvalue weighted by molar-refractivity contribution is 5.49. The molecule has 2 fully saturated rings. The van der Waals surface area contributed by atoms with Crippen molar-refractivity contribution in [2.75, 3.05) is 38.2 Å². The first-order valence-corrected chi connectivity index (χ1v) is 8.01. The second-order valence-electron chi connectivity index (χ2n) is 6.13. The van der Waals surface area contributed by atoms with Gasteiger partial charge in [-0.3, -0.25) is 0 Å². The third-order valence-corrected chi connectivity index (χ3v) is 4.67. The van der Waals surface area contributed by atoms with Gasteiger partial charge in [0.2, 0.25) is 0 Å². The van der Waals surface area contributed by atoms with Gasteiger partial charge in [0, 0.05) is 24.8 Å². The molecule has 110 valence electrons. The Morgan fingerprint density at radius 2 is 1.70 bits per heavy atom. The summed E-state index contributed by atoms with van der Waals surface area (Å²) in [6, 6.07) is 9.23. The van der Waals surface area contributed by atoms with Gasteiger partial charge in [0.15, 0.2) is 0 Å². The van der Waals surface area contributed by atoms with Crippen LogP contribution in [0.1, 0.15) is 32.1 Å². The number of benzene rings is 1. The topological polar surface area (TPSA) is 15.7 Å². The molecule has 0 bridgehead atoms. The minimum absolute atomic E-state index is 0.585. The van der Waals surface area contributed by atoms with E-state index >= 15 is 0 Å². The first kappa shape index (κ1) is 13.7. The van der Waals surface area contributed by atoms with Gasteiger partial charge in [0.05, 0.1) is 0 Å². The molecule has 1 aromatic rings. The van der Waals surface area contributed by atoms with Crippen molar-refractivity contribution in [1.82, 2.24) is 4.90 Å². The number of hydrogen-bond donors (Lipinski definition) is 0. The molecule has 3 rings (SSSR count). The monoisotopic (exact) mass is 274 g/mol. The van der Waals surface area contributed by atoms with Crippen molar-refractivity contribution in [2.24, 2.45) is 0 Å². The van der Waals surface area contributed by atoms with Crippen LogP contribution >= 0.6 is 0 Å². The fourth-order valence-electron chi connectivity index (χ4n) is 3.28. The lowest BCUT2D eigenvalue weighted by Crippen LogP contribution is -2.40. The van der Waals surface area contributed by atoms with Crippen molar-refractivity contribution in [3.8, 4) is 5.75 Å². The summed E-state index contributed by atoms with van der Waals surface area (Å²) in [5, 5.41) is 0. The quantitative estimate of drug-likeness (QED) is 0.839. The van der Waals surface area contributed by atoms with E-state index < -0.39 is 0 Å². The normalized spacial score (nSPS) is 24.1. The summed E-state index contributed by atoms with van der Waals surface area (Å²) in [5.41, 5.74) is 1.34. The van der Waals surface area contributed by atoms with Crippen molar-refractivity contribution < 1.29 is 4.74 Å². The van der Waals surface area contributed by atoms with Gasteiger partial charge < -0.3 is 14.5 Å². The summed E-state index contributed by atoms with van der Waals surface area (Å²) in [6.45, 7) is 4.43. The zero-order valence-corrected chi connectivity index (χ0v) is 12.6. The Balaban J connectivity index is 1.52. The molecule has 2 saturated heterocycles. The van der Waals surface area contributed by atoms with E-state index in [1.54, 1.807) is 0 Å². The van der Waals surface area contributed by atoms with Crippen molar-refractivity contribution in [2.45, 2.75) is 38.1 Å². The molecule has 20 heavy (non-hydrogen) atoms. The highest BCUT2D eigenvalue weighted by Crippen LogP contribution is 2.23. The predicted octanol–water partition coefficient (Wildman–Crippen LogP) is 3.15.